The van der Waals surface area contributed by atoms with Crippen LogP contribution in [-0.4, -0.2) is 23.8 Å². The molecule has 2 rings (SSSR count). The quantitative estimate of drug-likeness (QED) is 0.462. The molecule has 160 valence electrons. The van der Waals surface area contributed by atoms with Crippen molar-refractivity contribution in [3.63, 3.8) is 0 Å². The second-order valence-electron chi connectivity index (χ2n) is 7.83. The SMILES string of the molecule is CC(NC(=O)C(C)(C)C)C(=O)NNC(=O)c1ccc(CSc2ccc(Cl)cc2)cc1. The van der Waals surface area contributed by atoms with Crippen molar-refractivity contribution in [1.29, 1.82) is 0 Å². The molecular formula is C22H26ClN3O3S. The Balaban J connectivity index is 1.82. The van der Waals surface area contributed by atoms with E-state index < -0.39 is 23.3 Å². The molecule has 0 radical (unpaired) electrons. The Morgan fingerprint density at radius 1 is 0.967 bits per heavy atom. The topological polar surface area (TPSA) is 87.3 Å². The van der Waals surface area contributed by atoms with Gasteiger partial charge < -0.3 is 5.32 Å². The van der Waals surface area contributed by atoms with Gasteiger partial charge in [0.05, 0.1) is 0 Å². The van der Waals surface area contributed by atoms with Crippen molar-refractivity contribution >= 4 is 41.1 Å². The van der Waals surface area contributed by atoms with Crippen molar-refractivity contribution in [2.75, 3.05) is 0 Å². The summed E-state index contributed by atoms with van der Waals surface area (Å²) in [4.78, 5) is 37.4. The number of thioether (sulfide) groups is 1. The van der Waals surface area contributed by atoms with Crippen molar-refractivity contribution in [2.24, 2.45) is 5.41 Å². The molecule has 3 N–H and O–H groups in total. The zero-order valence-corrected chi connectivity index (χ0v) is 19.0. The van der Waals surface area contributed by atoms with Crippen LogP contribution in [0.2, 0.25) is 5.02 Å². The van der Waals surface area contributed by atoms with E-state index in [0.29, 0.717) is 10.6 Å². The van der Waals surface area contributed by atoms with Gasteiger partial charge in [-0.15, -0.1) is 11.8 Å². The number of carbonyl (C=O) groups is 3. The van der Waals surface area contributed by atoms with Crippen LogP contribution in [0.4, 0.5) is 0 Å². The van der Waals surface area contributed by atoms with Gasteiger partial charge in [-0.05, 0) is 48.9 Å². The van der Waals surface area contributed by atoms with Crippen LogP contribution in [0.3, 0.4) is 0 Å². The van der Waals surface area contributed by atoms with Crippen molar-refractivity contribution in [3.05, 3.63) is 64.7 Å². The number of halogens is 1. The van der Waals surface area contributed by atoms with Crippen LogP contribution in [-0.2, 0) is 15.3 Å². The van der Waals surface area contributed by atoms with Crippen LogP contribution < -0.4 is 16.2 Å². The molecule has 1 atom stereocenters. The highest BCUT2D eigenvalue weighted by Gasteiger charge is 2.25. The van der Waals surface area contributed by atoms with E-state index in [1.165, 1.54) is 0 Å². The number of rotatable bonds is 6. The summed E-state index contributed by atoms with van der Waals surface area (Å²) in [6, 6.07) is 14.0. The van der Waals surface area contributed by atoms with Crippen LogP contribution >= 0.6 is 23.4 Å². The Morgan fingerprint density at radius 3 is 2.13 bits per heavy atom. The Kier molecular flexibility index (Phi) is 8.32. The van der Waals surface area contributed by atoms with Gasteiger partial charge >= 0.3 is 0 Å². The molecule has 0 aliphatic carbocycles. The molecule has 0 aliphatic heterocycles. The molecule has 0 saturated carbocycles. The van der Waals surface area contributed by atoms with Crippen LogP contribution in [0.15, 0.2) is 53.4 Å². The maximum absolute atomic E-state index is 12.2. The van der Waals surface area contributed by atoms with E-state index in [-0.39, 0.29) is 5.91 Å². The molecule has 0 spiro atoms. The smallest absolute Gasteiger partial charge is 0.269 e. The fraction of sp³-hybridized carbons (Fsp3) is 0.318. The molecule has 8 heteroatoms. The van der Waals surface area contributed by atoms with E-state index in [2.05, 4.69) is 16.2 Å². The summed E-state index contributed by atoms with van der Waals surface area (Å²) in [7, 11) is 0. The lowest BCUT2D eigenvalue weighted by molar-refractivity contribution is -0.133. The molecular weight excluding hydrogens is 422 g/mol. The average Bonchev–Trinajstić information content (AvgIpc) is 2.71. The summed E-state index contributed by atoms with van der Waals surface area (Å²) in [5, 5.41) is 3.31. The molecule has 2 aromatic carbocycles. The van der Waals surface area contributed by atoms with Gasteiger partial charge in [-0.1, -0.05) is 44.5 Å². The first-order valence-corrected chi connectivity index (χ1v) is 10.8. The monoisotopic (exact) mass is 447 g/mol. The number of carbonyl (C=O) groups excluding carboxylic acids is 3. The van der Waals surface area contributed by atoms with Crippen molar-refractivity contribution in [2.45, 2.75) is 44.4 Å². The molecule has 0 bridgehead atoms. The first-order chi connectivity index (χ1) is 14.1. The maximum atomic E-state index is 12.2. The predicted octanol–water partition coefficient (Wildman–Crippen LogP) is 3.94. The molecule has 2 aromatic rings. The minimum Gasteiger partial charge on any atom is -0.344 e. The van der Waals surface area contributed by atoms with E-state index in [1.807, 2.05) is 36.4 Å². The molecule has 6 nitrogen and oxygen atoms in total. The number of amides is 3. The Bertz CT molecular complexity index is 893. The number of hydrogen-bond donors (Lipinski definition) is 3. The lowest BCUT2D eigenvalue weighted by atomic mass is 9.95. The molecule has 0 heterocycles. The van der Waals surface area contributed by atoms with Crippen molar-refractivity contribution in [1.82, 2.24) is 16.2 Å². The van der Waals surface area contributed by atoms with Gasteiger partial charge in [-0.3, -0.25) is 25.2 Å². The minimum atomic E-state index is -0.774. The van der Waals surface area contributed by atoms with Gasteiger partial charge in [0.25, 0.3) is 11.8 Å². The Hall–Kier alpha value is -2.51. The number of nitrogens with one attached hydrogen (secondary N) is 3. The van der Waals surface area contributed by atoms with E-state index in [1.54, 1.807) is 51.6 Å². The number of hydrogen-bond acceptors (Lipinski definition) is 4. The van der Waals surface area contributed by atoms with Crippen LogP contribution in [0.5, 0.6) is 0 Å². The largest absolute Gasteiger partial charge is 0.344 e. The highest BCUT2D eigenvalue weighted by molar-refractivity contribution is 7.98. The first-order valence-electron chi connectivity index (χ1n) is 9.45. The zero-order chi connectivity index (χ0) is 22.3. The van der Waals surface area contributed by atoms with Gasteiger partial charge in [-0.2, -0.15) is 0 Å². The van der Waals surface area contributed by atoms with Gasteiger partial charge in [-0.25, -0.2) is 0 Å². The van der Waals surface area contributed by atoms with Gasteiger partial charge in [0.2, 0.25) is 5.91 Å². The number of benzene rings is 2. The van der Waals surface area contributed by atoms with E-state index in [4.69, 9.17) is 11.6 Å². The third-order valence-electron chi connectivity index (χ3n) is 4.16. The summed E-state index contributed by atoms with van der Waals surface area (Å²) >= 11 is 7.56. The first kappa shape index (κ1) is 23.8. The molecule has 3 amide bonds. The summed E-state index contributed by atoms with van der Waals surface area (Å²) in [5.41, 5.74) is 5.58. The fourth-order valence-electron chi connectivity index (χ4n) is 2.23. The minimum absolute atomic E-state index is 0.247. The standard InChI is InChI=1S/C22H26ClN3O3S/c1-14(24-21(29)22(2,3)4)19(27)25-26-20(28)16-7-5-15(6-8-16)13-30-18-11-9-17(23)10-12-18/h5-12,14H,13H2,1-4H3,(H,24,29)(H,25,27)(H,26,28). The number of hydrazine groups is 1. The molecule has 0 aliphatic rings. The highest BCUT2D eigenvalue weighted by atomic mass is 35.5. The molecule has 30 heavy (non-hydrogen) atoms. The second-order valence-corrected chi connectivity index (χ2v) is 9.31. The van der Waals surface area contributed by atoms with Crippen LogP contribution in [0.1, 0.15) is 43.6 Å². The van der Waals surface area contributed by atoms with E-state index >= 15 is 0 Å². The summed E-state index contributed by atoms with van der Waals surface area (Å²) < 4.78 is 0. The van der Waals surface area contributed by atoms with Crippen molar-refractivity contribution in [3.8, 4) is 0 Å². The predicted molar refractivity (Wildman–Crippen MR) is 120 cm³/mol. The molecule has 0 fully saturated rings. The Morgan fingerprint density at radius 2 is 1.57 bits per heavy atom. The Labute approximate surface area is 186 Å². The summed E-state index contributed by atoms with van der Waals surface area (Å²) in [6.45, 7) is 6.82. The van der Waals surface area contributed by atoms with Crippen molar-refractivity contribution < 1.29 is 14.4 Å². The second kappa shape index (κ2) is 10.5. The fourth-order valence-corrected chi connectivity index (χ4v) is 3.21. The normalized spacial score (nSPS) is 12.0. The molecule has 0 saturated heterocycles. The summed E-state index contributed by atoms with van der Waals surface area (Å²) in [6.07, 6.45) is 0. The van der Waals surface area contributed by atoms with Crippen LogP contribution in [0, 0.1) is 5.41 Å². The lowest BCUT2D eigenvalue weighted by Gasteiger charge is -2.21. The van der Waals surface area contributed by atoms with E-state index in [9.17, 15) is 14.4 Å². The third kappa shape index (κ3) is 7.39. The lowest BCUT2D eigenvalue weighted by Crippen LogP contribution is -2.52. The molecule has 1 unspecified atom stereocenters. The van der Waals surface area contributed by atoms with E-state index in [0.717, 1.165) is 16.2 Å². The third-order valence-corrected chi connectivity index (χ3v) is 5.49. The van der Waals surface area contributed by atoms with Gasteiger partial charge in [0.15, 0.2) is 0 Å². The average molecular weight is 448 g/mol. The molecule has 0 aromatic heterocycles. The van der Waals surface area contributed by atoms with Gasteiger partial charge in [0, 0.05) is 26.6 Å². The summed E-state index contributed by atoms with van der Waals surface area (Å²) in [5.74, 6) is -0.430. The van der Waals surface area contributed by atoms with Crippen LogP contribution in [0.25, 0.3) is 0 Å². The zero-order valence-electron chi connectivity index (χ0n) is 17.4. The highest BCUT2D eigenvalue weighted by Crippen LogP contribution is 2.24. The maximum Gasteiger partial charge on any atom is 0.269 e. The van der Waals surface area contributed by atoms with Gasteiger partial charge in [0.1, 0.15) is 6.04 Å².